The van der Waals surface area contributed by atoms with E-state index in [4.69, 9.17) is 14.2 Å². The van der Waals surface area contributed by atoms with E-state index in [-0.39, 0.29) is 0 Å². The number of hydrogen-bond acceptors (Lipinski definition) is 3. The van der Waals surface area contributed by atoms with Crippen molar-refractivity contribution in [3.05, 3.63) is 161 Å². The van der Waals surface area contributed by atoms with Crippen LogP contribution in [0.2, 0.25) is 0 Å². The zero-order valence-electron chi connectivity index (χ0n) is 29.0. The van der Waals surface area contributed by atoms with E-state index in [1.54, 1.807) is 21.3 Å². The van der Waals surface area contributed by atoms with Crippen LogP contribution in [0.15, 0.2) is 127 Å². The van der Waals surface area contributed by atoms with Gasteiger partial charge < -0.3 is 14.2 Å². The van der Waals surface area contributed by atoms with Gasteiger partial charge in [-0.25, -0.2) is 0 Å². The summed E-state index contributed by atoms with van der Waals surface area (Å²) in [6, 6.07) is 47.4. The SMILES string of the molecule is COc1ccc2c(c1)Cc1cc(-c3cc(-c4ccc5c(c4)Cc4cc(OC)ccc4-5)cc(-c4ccc5c(c4)Cc4cc(OC)ccc4-5)c3)ccc1-2. The van der Waals surface area contributed by atoms with E-state index in [1.165, 1.54) is 100 Å². The van der Waals surface area contributed by atoms with Crippen LogP contribution in [0.5, 0.6) is 17.2 Å². The highest BCUT2D eigenvalue weighted by Gasteiger charge is 2.23. The van der Waals surface area contributed by atoms with Crippen LogP contribution < -0.4 is 14.2 Å². The monoisotopic (exact) mass is 660 g/mol. The predicted molar refractivity (Wildman–Crippen MR) is 207 cm³/mol. The maximum absolute atomic E-state index is 5.54. The second kappa shape index (κ2) is 11.5. The van der Waals surface area contributed by atoms with E-state index in [2.05, 4.69) is 127 Å². The maximum Gasteiger partial charge on any atom is 0.119 e. The van der Waals surface area contributed by atoms with Gasteiger partial charge in [0.05, 0.1) is 21.3 Å². The van der Waals surface area contributed by atoms with Gasteiger partial charge in [-0.2, -0.15) is 0 Å². The summed E-state index contributed by atoms with van der Waals surface area (Å²) < 4.78 is 16.6. The molecule has 0 amide bonds. The fraction of sp³-hybridized carbons (Fsp3) is 0.125. The average Bonchev–Trinajstić information content (AvgIpc) is 3.86. The molecule has 0 aromatic heterocycles. The number of hydrogen-bond donors (Lipinski definition) is 0. The van der Waals surface area contributed by atoms with Gasteiger partial charge in [0.2, 0.25) is 0 Å². The number of rotatable bonds is 6. The Morgan fingerprint density at radius 1 is 0.275 bits per heavy atom. The Morgan fingerprint density at radius 2 is 0.529 bits per heavy atom. The van der Waals surface area contributed by atoms with E-state index in [1.807, 2.05) is 0 Å². The highest BCUT2D eigenvalue weighted by Crippen LogP contribution is 2.45. The lowest BCUT2D eigenvalue weighted by atomic mass is 9.90. The van der Waals surface area contributed by atoms with E-state index in [0.717, 1.165) is 36.5 Å². The van der Waals surface area contributed by atoms with Gasteiger partial charge in [0.1, 0.15) is 17.2 Å². The molecule has 0 spiro atoms. The van der Waals surface area contributed by atoms with E-state index in [9.17, 15) is 0 Å². The molecule has 0 saturated heterocycles. The van der Waals surface area contributed by atoms with E-state index >= 15 is 0 Å². The summed E-state index contributed by atoms with van der Waals surface area (Å²) in [6.07, 6.45) is 2.73. The van der Waals surface area contributed by atoms with Gasteiger partial charge in [-0.1, -0.05) is 72.8 Å². The van der Waals surface area contributed by atoms with Crippen LogP contribution in [0.25, 0.3) is 66.8 Å². The fourth-order valence-corrected chi connectivity index (χ4v) is 8.61. The second-order valence-electron chi connectivity index (χ2n) is 14.0. The van der Waals surface area contributed by atoms with Crippen LogP contribution in [-0.2, 0) is 19.3 Å². The zero-order chi connectivity index (χ0) is 34.2. The average molecular weight is 661 g/mol. The largest absolute Gasteiger partial charge is 0.497 e. The van der Waals surface area contributed by atoms with Crippen molar-refractivity contribution >= 4 is 0 Å². The standard InChI is InChI=1S/C48H36O3/c1-49-40-7-13-46-37(25-40)22-34-16-28(4-10-43(34)46)31-19-32(29-5-11-44-35(17-29)23-38-26-41(50-2)8-14-47(38)44)21-33(20-31)30-6-12-45-36(18-30)24-39-27-42(51-3)9-15-48(39)45/h4-21,25-27H,22-24H2,1-3H3. The Labute approximate surface area is 298 Å². The van der Waals surface area contributed by atoms with Crippen molar-refractivity contribution in [2.24, 2.45) is 0 Å². The van der Waals surface area contributed by atoms with Crippen LogP contribution in [0, 0.1) is 0 Å². The van der Waals surface area contributed by atoms with Gasteiger partial charge in [0.25, 0.3) is 0 Å². The molecule has 0 atom stereocenters. The van der Waals surface area contributed by atoms with Gasteiger partial charge in [-0.05, 0) is 174 Å². The van der Waals surface area contributed by atoms with Crippen molar-refractivity contribution in [2.75, 3.05) is 21.3 Å². The Hall–Kier alpha value is -6.06. The molecule has 7 aromatic rings. The van der Waals surface area contributed by atoms with Crippen LogP contribution in [0.3, 0.4) is 0 Å². The fourth-order valence-electron chi connectivity index (χ4n) is 8.61. The molecule has 51 heavy (non-hydrogen) atoms. The van der Waals surface area contributed by atoms with Crippen LogP contribution in [0.4, 0.5) is 0 Å². The van der Waals surface area contributed by atoms with Crippen LogP contribution in [0.1, 0.15) is 33.4 Å². The van der Waals surface area contributed by atoms with Gasteiger partial charge >= 0.3 is 0 Å². The quantitative estimate of drug-likeness (QED) is 0.178. The Balaban J connectivity index is 1.08. The molecule has 3 nitrogen and oxygen atoms in total. The Kier molecular flexibility index (Phi) is 6.72. The lowest BCUT2D eigenvalue weighted by Crippen LogP contribution is -1.90. The molecule has 10 rings (SSSR count). The van der Waals surface area contributed by atoms with Gasteiger partial charge in [0, 0.05) is 0 Å². The summed E-state index contributed by atoms with van der Waals surface area (Å²) in [4.78, 5) is 0. The molecule has 3 heteroatoms. The third kappa shape index (κ3) is 4.87. The topological polar surface area (TPSA) is 27.7 Å². The first-order valence-corrected chi connectivity index (χ1v) is 17.6. The van der Waals surface area contributed by atoms with Crippen molar-refractivity contribution in [1.29, 1.82) is 0 Å². The third-order valence-electron chi connectivity index (χ3n) is 11.2. The highest BCUT2D eigenvalue weighted by atomic mass is 16.5. The van der Waals surface area contributed by atoms with Gasteiger partial charge in [-0.3, -0.25) is 0 Å². The number of methoxy groups -OCH3 is 3. The molecule has 3 aliphatic rings. The maximum atomic E-state index is 5.54. The molecular weight excluding hydrogens is 625 g/mol. The minimum atomic E-state index is 0.910. The third-order valence-corrected chi connectivity index (χ3v) is 11.2. The Morgan fingerprint density at radius 3 is 0.804 bits per heavy atom. The second-order valence-corrected chi connectivity index (χ2v) is 14.0. The normalized spacial score (nSPS) is 12.8. The van der Waals surface area contributed by atoms with Crippen LogP contribution in [-0.4, -0.2) is 21.3 Å². The highest BCUT2D eigenvalue weighted by molar-refractivity contribution is 5.88. The summed E-state index contributed by atoms with van der Waals surface area (Å²) in [5, 5.41) is 0. The first kappa shape index (κ1) is 29.8. The summed E-state index contributed by atoms with van der Waals surface area (Å²) in [5.41, 5.74) is 23.3. The first-order valence-electron chi connectivity index (χ1n) is 17.6. The minimum Gasteiger partial charge on any atom is -0.497 e. The number of ether oxygens (including phenoxy) is 3. The van der Waals surface area contributed by atoms with E-state index < -0.39 is 0 Å². The predicted octanol–water partition coefficient (Wildman–Crippen LogP) is 11.4. The number of benzene rings is 7. The molecule has 7 aromatic carbocycles. The zero-order valence-corrected chi connectivity index (χ0v) is 29.0. The van der Waals surface area contributed by atoms with Crippen LogP contribution >= 0.6 is 0 Å². The summed E-state index contributed by atoms with van der Waals surface area (Å²) in [6.45, 7) is 0. The van der Waals surface area contributed by atoms with Gasteiger partial charge in [0.15, 0.2) is 0 Å². The lowest BCUT2D eigenvalue weighted by molar-refractivity contribution is 0.414. The molecule has 246 valence electrons. The molecule has 0 fully saturated rings. The minimum absolute atomic E-state index is 0.910. The lowest BCUT2D eigenvalue weighted by Gasteiger charge is -2.14. The van der Waals surface area contributed by atoms with E-state index in [0.29, 0.717) is 0 Å². The van der Waals surface area contributed by atoms with Crippen molar-refractivity contribution in [3.8, 4) is 84.0 Å². The first-order chi connectivity index (χ1) is 25.0. The molecule has 0 bridgehead atoms. The molecule has 0 saturated carbocycles. The molecule has 3 aliphatic carbocycles. The molecule has 0 aliphatic heterocycles. The molecule has 0 heterocycles. The summed E-state index contributed by atoms with van der Waals surface area (Å²) in [5.74, 6) is 2.73. The smallest absolute Gasteiger partial charge is 0.119 e. The summed E-state index contributed by atoms with van der Waals surface area (Å²) in [7, 11) is 5.21. The molecular formula is C48H36O3. The van der Waals surface area contributed by atoms with Crippen molar-refractivity contribution < 1.29 is 14.2 Å². The Bertz CT molecular complexity index is 2280. The van der Waals surface area contributed by atoms with Crippen molar-refractivity contribution in [2.45, 2.75) is 19.3 Å². The van der Waals surface area contributed by atoms with Gasteiger partial charge in [-0.15, -0.1) is 0 Å². The number of fused-ring (bicyclic) bond motifs is 9. The molecule has 0 radical (unpaired) electrons. The van der Waals surface area contributed by atoms with Crippen molar-refractivity contribution in [1.82, 2.24) is 0 Å². The molecule has 0 unspecified atom stereocenters. The molecule has 0 N–H and O–H groups in total. The van der Waals surface area contributed by atoms with Crippen molar-refractivity contribution in [3.63, 3.8) is 0 Å². The summed E-state index contributed by atoms with van der Waals surface area (Å²) >= 11 is 0.